The van der Waals surface area contributed by atoms with Crippen molar-refractivity contribution < 1.29 is 32.3 Å². The van der Waals surface area contributed by atoms with Crippen LogP contribution < -0.4 is 25.8 Å². The summed E-state index contributed by atoms with van der Waals surface area (Å²) in [6, 6.07) is 19.4. The van der Waals surface area contributed by atoms with E-state index < -0.39 is 12.4 Å². The topological polar surface area (TPSA) is 113 Å². The van der Waals surface area contributed by atoms with Crippen LogP contribution in [0.2, 0.25) is 0 Å². The number of aryl methyl sites for hydroxylation is 1. The lowest BCUT2D eigenvalue weighted by molar-refractivity contribution is -0.274. The van der Waals surface area contributed by atoms with E-state index in [9.17, 15) is 32.3 Å². The van der Waals surface area contributed by atoms with E-state index in [4.69, 9.17) is 0 Å². The lowest BCUT2D eigenvalue weighted by Crippen LogP contribution is -2.47. The van der Waals surface area contributed by atoms with Crippen LogP contribution in [0, 0.1) is 11.8 Å². The molecule has 0 radical (unpaired) electrons. The van der Waals surface area contributed by atoms with Crippen molar-refractivity contribution in [1.82, 2.24) is 14.8 Å². The third kappa shape index (κ3) is 8.62. The number of carbonyl (C=O) groups is 3. The summed E-state index contributed by atoms with van der Waals surface area (Å²) < 4.78 is 46.8. The zero-order valence-electron chi connectivity index (χ0n) is 30.2. The molecule has 4 heterocycles. The first-order valence-corrected chi connectivity index (χ1v) is 18.6. The van der Waals surface area contributed by atoms with Gasteiger partial charge in [0.1, 0.15) is 17.6 Å². The number of halogens is 3. The van der Waals surface area contributed by atoms with Crippen molar-refractivity contribution in [2.24, 2.45) is 18.9 Å². The van der Waals surface area contributed by atoms with Gasteiger partial charge in [0.25, 0.3) is 5.56 Å². The fraction of sp³-hybridized carbons (Fsp3) is 0.415. The minimum Gasteiger partial charge on any atom is -0.405 e. The zero-order valence-corrected chi connectivity index (χ0v) is 30.2. The number of amides is 2. The Bertz CT molecular complexity index is 2080. The molecule has 1 atom stereocenters. The van der Waals surface area contributed by atoms with E-state index in [0.29, 0.717) is 66.4 Å². The van der Waals surface area contributed by atoms with Crippen LogP contribution in [0.15, 0.2) is 77.7 Å². The largest absolute Gasteiger partial charge is 0.573 e. The number of nitrogens with zero attached hydrogens (tertiary/aromatic N) is 3. The Morgan fingerprint density at radius 3 is 2.28 bits per heavy atom. The fourth-order valence-electron chi connectivity index (χ4n) is 8.03. The van der Waals surface area contributed by atoms with E-state index >= 15 is 0 Å². The van der Waals surface area contributed by atoms with Crippen molar-refractivity contribution in [3.63, 3.8) is 0 Å². The summed E-state index contributed by atoms with van der Waals surface area (Å²) in [7, 11) is 1.62. The molecule has 54 heavy (non-hydrogen) atoms. The predicted molar refractivity (Wildman–Crippen MR) is 200 cm³/mol. The number of aromatic nitrogens is 1. The highest BCUT2D eigenvalue weighted by molar-refractivity contribution is 6.01. The van der Waals surface area contributed by atoms with E-state index in [1.807, 2.05) is 24.3 Å². The normalized spacial score (nSPS) is 19.2. The molecule has 1 unspecified atom stereocenters. The van der Waals surface area contributed by atoms with Gasteiger partial charge in [-0.15, -0.1) is 13.2 Å². The molecule has 4 aromatic rings. The molecule has 2 amide bonds. The number of fused-ring (bicyclic) bond motifs is 1. The molecule has 284 valence electrons. The number of likely N-dealkylation sites (tertiary alicyclic amines) is 1. The summed E-state index contributed by atoms with van der Waals surface area (Å²) in [5, 5.41) is 6.70. The molecule has 0 saturated carbocycles. The highest BCUT2D eigenvalue weighted by Crippen LogP contribution is 2.36. The van der Waals surface area contributed by atoms with Gasteiger partial charge in [0.05, 0.1) is 6.54 Å². The van der Waals surface area contributed by atoms with E-state index in [1.165, 1.54) is 10.6 Å². The van der Waals surface area contributed by atoms with Gasteiger partial charge in [-0.25, -0.2) is 0 Å². The first-order chi connectivity index (χ1) is 25.9. The van der Waals surface area contributed by atoms with Gasteiger partial charge in [-0.05, 0) is 110 Å². The lowest BCUT2D eigenvalue weighted by atomic mass is 9.88. The molecule has 3 aliphatic heterocycles. The minimum absolute atomic E-state index is 0.0165. The van der Waals surface area contributed by atoms with Crippen LogP contribution in [-0.2, 0) is 27.9 Å². The zero-order chi connectivity index (χ0) is 38.0. The maximum Gasteiger partial charge on any atom is 0.573 e. The highest BCUT2D eigenvalue weighted by Gasteiger charge is 2.34. The Morgan fingerprint density at radius 1 is 0.889 bits per heavy atom. The predicted octanol–water partition coefficient (Wildman–Crippen LogP) is 6.06. The van der Waals surface area contributed by atoms with Crippen molar-refractivity contribution in [3.05, 3.63) is 88.8 Å². The van der Waals surface area contributed by atoms with Crippen molar-refractivity contribution in [2.45, 2.75) is 57.3 Å². The van der Waals surface area contributed by atoms with Gasteiger partial charge >= 0.3 is 6.36 Å². The summed E-state index contributed by atoms with van der Waals surface area (Å²) in [6.07, 6.45) is 1.03. The number of ketones is 1. The van der Waals surface area contributed by atoms with Gasteiger partial charge < -0.3 is 19.5 Å². The molecule has 2 N–H and O–H groups in total. The third-order valence-electron chi connectivity index (χ3n) is 11.1. The Hall–Kier alpha value is -5.17. The Labute approximate surface area is 311 Å². The SMILES string of the molecule is Cn1cc(-c2ccc(CC3CCN(CC(=O)C4CCN(c5ccc(NC6CCC(=O)NC6=O)cc5)CC4)CC3)c(OC(F)(F)F)c2)c2ccccc2c1=O. The molecule has 0 bridgehead atoms. The number of imide groups is 1. The second kappa shape index (κ2) is 15.7. The van der Waals surface area contributed by atoms with Crippen molar-refractivity contribution in [1.29, 1.82) is 0 Å². The van der Waals surface area contributed by atoms with Crippen molar-refractivity contribution >= 4 is 39.7 Å². The van der Waals surface area contributed by atoms with E-state index in [-0.39, 0.29) is 40.7 Å². The Morgan fingerprint density at radius 2 is 1.59 bits per heavy atom. The van der Waals surface area contributed by atoms with Gasteiger partial charge in [0.15, 0.2) is 0 Å². The summed E-state index contributed by atoms with van der Waals surface area (Å²) in [5.41, 5.74) is 3.33. The molecule has 3 aliphatic rings. The van der Waals surface area contributed by atoms with Crippen molar-refractivity contribution in [3.8, 4) is 16.9 Å². The Kier molecular flexibility index (Phi) is 10.8. The molecular formula is C41H44F3N5O5. The van der Waals surface area contributed by atoms with Crippen LogP contribution in [0.25, 0.3) is 21.9 Å². The molecule has 1 aromatic heterocycles. The molecule has 3 saturated heterocycles. The van der Waals surface area contributed by atoms with Crippen LogP contribution in [0.4, 0.5) is 24.5 Å². The monoisotopic (exact) mass is 743 g/mol. The van der Waals surface area contributed by atoms with Gasteiger partial charge in [0, 0.05) is 61.0 Å². The quantitative estimate of drug-likeness (QED) is 0.189. The standard InChI is InChI=1S/C41H44F3N5O5/c1-47-24-34(32-4-2-3-5-33(32)40(47)53)28-6-7-29(37(23-28)54-41(42,43)44)22-26-14-18-48(19-15-26)25-36(50)27-16-20-49(21-17-27)31-10-8-30(9-11-31)45-35-12-13-38(51)46-39(35)52/h2-11,23-24,26-27,35,45H,12-22,25H2,1H3,(H,46,51,52). The van der Waals surface area contributed by atoms with Gasteiger partial charge in [-0.2, -0.15) is 0 Å². The van der Waals surface area contributed by atoms with Gasteiger partial charge in [-0.3, -0.25) is 29.4 Å². The lowest BCUT2D eigenvalue weighted by Gasteiger charge is -2.35. The molecule has 3 fully saturated rings. The molecule has 3 aromatic carbocycles. The Balaban J connectivity index is 0.909. The average Bonchev–Trinajstić information content (AvgIpc) is 3.15. The molecule has 0 aliphatic carbocycles. The number of alkyl halides is 3. The van der Waals surface area contributed by atoms with Crippen molar-refractivity contribution in [2.75, 3.05) is 42.9 Å². The van der Waals surface area contributed by atoms with Gasteiger partial charge in [-0.1, -0.05) is 30.3 Å². The van der Waals surface area contributed by atoms with Crippen LogP contribution in [-0.4, -0.2) is 72.2 Å². The number of carbonyl (C=O) groups excluding carboxylic acids is 3. The molecule has 10 nitrogen and oxygen atoms in total. The second-order valence-electron chi connectivity index (χ2n) is 14.7. The number of benzene rings is 3. The molecular weight excluding hydrogens is 699 g/mol. The summed E-state index contributed by atoms with van der Waals surface area (Å²) in [5.74, 6) is -0.427. The second-order valence-corrected chi connectivity index (χ2v) is 14.7. The number of hydrogen-bond acceptors (Lipinski definition) is 8. The number of nitrogens with one attached hydrogen (secondary N) is 2. The first-order valence-electron chi connectivity index (χ1n) is 18.6. The van der Waals surface area contributed by atoms with Crippen LogP contribution in [0.5, 0.6) is 5.75 Å². The van der Waals surface area contributed by atoms with Crippen LogP contribution in [0.3, 0.4) is 0 Å². The molecule has 13 heteroatoms. The maximum atomic E-state index is 13.6. The summed E-state index contributed by atoms with van der Waals surface area (Å²) in [4.78, 5) is 54.0. The van der Waals surface area contributed by atoms with Gasteiger partial charge in [0.2, 0.25) is 11.8 Å². The smallest absolute Gasteiger partial charge is 0.405 e. The maximum absolute atomic E-state index is 13.6. The third-order valence-corrected chi connectivity index (χ3v) is 11.1. The number of pyridine rings is 1. The average molecular weight is 744 g/mol. The van der Waals surface area contributed by atoms with E-state index in [2.05, 4.69) is 25.2 Å². The van der Waals surface area contributed by atoms with E-state index in [0.717, 1.165) is 50.1 Å². The fourth-order valence-corrected chi connectivity index (χ4v) is 8.03. The number of ether oxygens (including phenoxy) is 1. The number of anilines is 2. The summed E-state index contributed by atoms with van der Waals surface area (Å²) >= 11 is 0. The van der Waals surface area contributed by atoms with E-state index in [1.54, 1.807) is 49.6 Å². The van der Waals surface area contributed by atoms with Crippen LogP contribution >= 0.6 is 0 Å². The number of rotatable bonds is 10. The number of hydrogen-bond donors (Lipinski definition) is 2. The first kappa shape index (κ1) is 37.2. The molecule has 0 spiro atoms. The molecule has 7 rings (SSSR count). The number of Topliss-reactive ketones (excluding diaryl/α,β-unsaturated/α-hetero) is 1. The van der Waals surface area contributed by atoms with Crippen LogP contribution in [0.1, 0.15) is 44.1 Å². The minimum atomic E-state index is -4.86. The number of piperidine rings is 3. The summed E-state index contributed by atoms with van der Waals surface area (Å²) in [6.45, 7) is 3.30. The highest BCUT2D eigenvalue weighted by atomic mass is 19.4.